The van der Waals surface area contributed by atoms with Crippen molar-refractivity contribution >= 4 is 11.9 Å². The van der Waals surface area contributed by atoms with Gasteiger partial charge >= 0.3 is 0 Å². The number of carbonyl (C=O) groups excluding carboxylic acids is 1. The number of carbonyl (C=O) groups is 1. The van der Waals surface area contributed by atoms with E-state index in [1.807, 2.05) is 50.2 Å². The SMILES string of the molecule is CCc1cc(C(=O)N2CCO[C@H](c3nc(N(C)C)ncc3-c3ccc(OC)cc3)C2)on1. The molecular formula is C23H27N5O4. The number of rotatable bonds is 6. The van der Waals surface area contributed by atoms with Gasteiger partial charge in [0.1, 0.15) is 11.9 Å². The van der Waals surface area contributed by atoms with E-state index in [2.05, 4.69) is 10.1 Å². The molecule has 1 amide bonds. The predicted octanol–water partition coefficient (Wildman–Crippen LogP) is 2.98. The summed E-state index contributed by atoms with van der Waals surface area (Å²) in [6.07, 6.45) is 2.11. The number of aromatic nitrogens is 3. The first-order valence-electron chi connectivity index (χ1n) is 10.5. The fourth-order valence-electron chi connectivity index (χ4n) is 3.57. The Labute approximate surface area is 187 Å². The predicted molar refractivity (Wildman–Crippen MR) is 119 cm³/mol. The smallest absolute Gasteiger partial charge is 0.292 e. The van der Waals surface area contributed by atoms with Crippen molar-refractivity contribution in [2.45, 2.75) is 19.4 Å². The van der Waals surface area contributed by atoms with Crippen LogP contribution < -0.4 is 9.64 Å². The Kier molecular flexibility index (Phi) is 6.36. The topological polar surface area (TPSA) is 93.8 Å². The maximum absolute atomic E-state index is 13.0. The van der Waals surface area contributed by atoms with Crippen molar-refractivity contribution in [3.8, 4) is 16.9 Å². The van der Waals surface area contributed by atoms with E-state index in [-0.39, 0.29) is 11.7 Å². The van der Waals surface area contributed by atoms with Crippen molar-refractivity contribution in [3.63, 3.8) is 0 Å². The molecule has 0 N–H and O–H groups in total. The lowest BCUT2D eigenvalue weighted by atomic mass is 10.0. The Bertz CT molecular complexity index is 1080. The standard InChI is InChI=1S/C23H27N5O4/c1-5-16-12-19(32-26-16)22(29)28-10-11-31-20(14-28)21-18(13-24-23(25-21)27(2)3)15-6-8-17(30-4)9-7-15/h6-9,12-13,20H,5,10-11,14H2,1-4H3/t20-/m0/s1. The summed E-state index contributed by atoms with van der Waals surface area (Å²) in [7, 11) is 5.41. The fraction of sp³-hybridized carbons (Fsp3) is 0.391. The number of benzene rings is 1. The number of hydrogen-bond acceptors (Lipinski definition) is 8. The highest BCUT2D eigenvalue weighted by Gasteiger charge is 2.31. The zero-order valence-corrected chi connectivity index (χ0v) is 18.7. The van der Waals surface area contributed by atoms with E-state index in [4.69, 9.17) is 19.0 Å². The molecule has 9 heteroatoms. The van der Waals surface area contributed by atoms with Crippen LogP contribution in [-0.2, 0) is 11.2 Å². The van der Waals surface area contributed by atoms with Crippen LogP contribution in [0, 0.1) is 0 Å². The molecule has 0 radical (unpaired) electrons. The number of hydrogen-bond donors (Lipinski definition) is 0. The van der Waals surface area contributed by atoms with Crippen LogP contribution in [0.2, 0.25) is 0 Å². The van der Waals surface area contributed by atoms with E-state index in [0.717, 1.165) is 28.3 Å². The molecule has 0 unspecified atom stereocenters. The number of nitrogens with zero attached hydrogens (tertiary/aromatic N) is 5. The molecule has 9 nitrogen and oxygen atoms in total. The molecule has 0 saturated carbocycles. The minimum atomic E-state index is -0.403. The highest BCUT2D eigenvalue weighted by Crippen LogP contribution is 2.32. The lowest BCUT2D eigenvalue weighted by Crippen LogP contribution is -2.42. The second-order valence-corrected chi connectivity index (χ2v) is 7.74. The average molecular weight is 438 g/mol. The Morgan fingerprint density at radius 2 is 2.06 bits per heavy atom. The maximum atomic E-state index is 13.0. The lowest BCUT2D eigenvalue weighted by Gasteiger charge is -2.33. The first kappa shape index (κ1) is 21.8. The minimum absolute atomic E-state index is 0.196. The van der Waals surface area contributed by atoms with Gasteiger partial charge in [-0.25, -0.2) is 9.97 Å². The molecular weight excluding hydrogens is 410 g/mol. The second-order valence-electron chi connectivity index (χ2n) is 7.74. The third kappa shape index (κ3) is 4.43. The molecule has 0 bridgehead atoms. The summed E-state index contributed by atoms with van der Waals surface area (Å²) in [5, 5.41) is 3.94. The number of ether oxygens (including phenoxy) is 2. The molecule has 2 aromatic heterocycles. The molecule has 1 aromatic carbocycles. The Morgan fingerprint density at radius 3 is 2.72 bits per heavy atom. The van der Waals surface area contributed by atoms with E-state index in [9.17, 15) is 4.79 Å². The Hall–Kier alpha value is -3.46. The second kappa shape index (κ2) is 9.35. The third-order valence-electron chi connectivity index (χ3n) is 5.40. The van der Waals surface area contributed by atoms with E-state index in [1.165, 1.54) is 0 Å². The average Bonchev–Trinajstić information content (AvgIpc) is 3.33. The van der Waals surface area contributed by atoms with Crippen LogP contribution in [-0.4, -0.2) is 66.8 Å². The van der Waals surface area contributed by atoms with Crippen LogP contribution >= 0.6 is 0 Å². The molecule has 1 fully saturated rings. The van der Waals surface area contributed by atoms with Crippen molar-refractivity contribution in [1.82, 2.24) is 20.0 Å². The van der Waals surface area contributed by atoms with Crippen LogP contribution in [0.25, 0.3) is 11.1 Å². The van der Waals surface area contributed by atoms with Gasteiger partial charge in [-0.1, -0.05) is 24.2 Å². The van der Waals surface area contributed by atoms with Gasteiger partial charge in [0.2, 0.25) is 11.7 Å². The summed E-state index contributed by atoms with van der Waals surface area (Å²) >= 11 is 0. The quantitative estimate of drug-likeness (QED) is 0.581. The van der Waals surface area contributed by atoms with Crippen molar-refractivity contribution < 1.29 is 18.8 Å². The summed E-state index contributed by atoms with van der Waals surface area (Å²) < 4.78 is 16.6. The van der Waals surface area contributed by atoms with Crippen molar-refractivity contribution in [2.24, 2.45) is 0 Å². The van der Waals surface area contributed by atoms with Gasteiger partial charge in [0, 0.05) is 38.5 Å². The molecule has 3 aromatic rings. The molecule has 1 atom stereocenters. The van der Waals surface area contributed by atoms with Gasteiger partial charge in [-0.15, -0.1) is 0 Å². The summed E-state index contributed by atoms with van der Waals surface area (Å²) in [6, 6.07) is 9.41. The number of amides is 1. The van der Waals surface area contributed by atoms with Gasteiger partial charge in [-0.3, -0.25) is 4.79 Å². The molecule has 4 rings (SSSR count). The minimum Gasteiger partial charge on any atom is -0.497 e. The molecule has 1 aliphatic rings. The Balaban J connectivity index is 1.65. The first-order chi connectivity index (χ1) is 15.5. The van der Waals surface area contributed by atoms with Crippen molar-refractivity contribution in [3.05, 3.63) is 53.7 Å². The molecule has 0 aliphatic carbocycles. The van der Waals surface area contributed by atoms with Gasteiger partial charge in [-0.2, -0.15) is 0 Å². The zero-order valence-electron chi connectivity index (χ0n) is 18.7. The normalized spacial score (nSPS) is 16.1. The summed E-state index contributed by atoms with van der Waals surface area (Å²) in [4.78, 5) is 25.8. The number of morpholine rings is 1. The van der Waals surface area contributed by atoms with Crippen LogP contribution in [0.1, 0.15) is 35.0 Å². The van der Waals surface area contributed by atoms with Crippen molar-refractivity contribution in [1.29, 1.82) is 0 Å². The van der Waals surface area contributed by atoms with Crippen LogP contribution in [0.3, 0.4) is 0 Å². The molecule has 168 valence electrons. The van der Waals surface area contributed by atoms with E-state index in [0.29, 0.717) is 32.1 Å². The van der Waals surface area contributed by atoms with E-state index >= 15 is 0 Å². The highest BCUT2D eigenvalue weighted by molar-refractivity contribution is 5.91. The Morgan fingerprint density at radius 1 is 1.28 bits per heavy atom. The van der Waals surface area contributed by atoms with Crippen LogP contribution in [0.5, 0.6) is 5.75 Å². The lowest BCUT2D eigenvalue weighted by molar-refractivity contribution is -0.0256. The maximum Gasteiger partial charge on any atom is 0.292 e. The molecule has 1 aliphatic heterocycles. The van der Waals surface area contributed by atoms with Gasteiger partial charge < -0.3 is 23.8 Å². The zero-order chi connectivity index (χ0) is 22.7. The number of anilines is 1. The van der Waals surface area contributed by atoms with E-state index in [1.54, 1.807) is 24.3 Å². The van der Waals surface area contributed by atoms with Gasteiger partial charge in [0.15, 0.2) is 0 Å². The molecule has 1 saturated heterocycles. The summed E-state index contributed by atoms with van der Waals surface area (Å²) in [5.74, 6) is 1.39. The van der Waals surface area contributed by atoms with Gasteiger partial charge in [0.25, 0.3) is 5.91 Å². The van der Waals surface area contributed by atoms with Crippen molar-refractivity contribution in [2.75, 3.05) is 45.8 Å². The summed E-state index contributed by atoms with van der Waals surface area (Å²) in [6.45, 7) is 3.19. The highest BCUT2D eigenvalue weighted by atomic mass is 16.5. The number of methoxy groups -OCH3 is 1. The van der Waals surface area contributed by atoms with Gasteiger partial charge in [0.05, 0.1) is 31.6 Å². The van der Waals surface area contributed by atoms with Crippen LogP contribution in [0.4, 0.5) is 5.95 Å². The molecule has 32 heavy (non-hydrogen) atoms. The number of aryl methyl sites for hydroxylation is 1. The van der Waals surface area contributed by atoms with E-state index < -0.39 is 6.10 Å². The van der Waals surface area contributed by atoms with Crippen LogP contribution in [0.15, 0.2) is 41.1 Å². The largest absolute Gasteiger partial charge is 0.497 e. The molecule has 0 spiro atoms. The summed E-state index contributed by atoms with van der Waals surface area (Å²) in [5.41, 5.74) is 3.29. The first-order valence-corrected chi connectivity index (χ1v) is 10.5. The molecule has 3 heterocycles. The van der Waals surface area contributed by atoms with Gasteiger partial charge in [-0.05, 0) is 24.1 Å². The monoisotopic (exact) mass is 437 g/mol. The third-order valence-corrected chi connectivity index (χ3v) is 5.40. The fourth-order valence-corrected chi connectivity index (χ4v) is 3.57.